The Hall–Kier alpha value is -2.61. The van der Waals surface area contributed by atoms with Gasteiger partial charge >= 0.3 is 0 Å². The summed E-state index contributed by atoms with van der Waals surface area (Å²) < 4.78 is 6.13. The zero-order chi connectivity index (χ0) is 18.4. The first kappa shape index (κ1) is 16.8. The van der Waals surface area contributed by atoms with Crippen molar-refractivity contribution in [3.63, 3.8) is 0 Å². The highest BCUT2D eigenvalue weighted by molar-refractivity contribution is 6.08. The molecule has 0 radical (unpaired) electrons. The number of aryl methyl sites for hydroxylation is 3. The number of pyridine rings is 1. The van der Waals surface area contributed by atoms with Crippen LogP contribution < -0.4 is 0 Å². The fourth-order valence-corrected chi connectivity index (χ4v) is 3.72. The molecule has 0 aliphatic heterocycles. The molecule has 0 fully saturated rings. The summed E-state index contributed by atoms with van der Waals surface area (Å²) in [5.74, 6) is 0.634. The fourth-order valence-electron chi connectivity index (χ4n) is 3.72. The van der Waals surface area contributed by atoms with E-state index in [1.165, 1.54) is 33.0 Å². The Balaban J connectivity index is 1.90. The number of nitrogens with zero attached hydrogens (tertiary/aromatic N) is 1. The third kappa shape index (κ3) is 2.80. The highest BCUT2D eigenvalue weighted by Gasteiger charge is 2.13. The second kappa shape index (κ2) is 6.28. The van der Waals surface area contributed by atoms with Gasteiger partial charge < -0.3 is 4.42 Å². The van der Waals surface area contributed by atoms with Crippen molar-refractivity contribution in [3.05, 3.63) is 64.8 Å². The Morgan fingerprint density at radius 3 is 2.46 bits per heavy atom. The Morgan fingerprint density at radius 2 is 1.69 bits per heavy atom. The van der Waals surface area contributed by atoms with Gasteiger partial charge in [-0.3, -0.25) is 4.98 Å². The lowest BCUT2D eigenvalue weighted by Gasteiger charge is -2.10. The third-order valence-corrected chi connectivity index (χ3v) is 5.16. The van der Waals surface area contributed by atoms with Gasteiger partial charge in [-0.1, -0.05) is 26.0 Å². The average molecular weight is 343 g/mol. The van der Waals surface area contributed by atoms with Gasteiger partial charge in [0.2, 0.25) is 0 Å². The van der Waals surface area contributed by atoms with Gasteiger partial charge in [-0.05, 0) is 79.6 Å². The van der Waals surface area contributed by atoms with Crippen LogP contribution in [0, 0.1) is 26.7 Å². The monoisotopic (exact) mass is 343 g/mol. The maximum atomic E-state index is 6.13. The van der Waals surface area contributed by atoms with Crippen LogP contribution in [-0.2, 0) is 6.42 Å². The fraction of sp³-hybridized carbons (Fsp3) is 0.292. The zero-order valence-corrected chi connectivity index (χ0v) is 16.2. The minimum Gasteiger partial charge on any atom is -0.456 e. The molecule has 4 rings (SSSR count). The summed E-state index contributed by atoms with van der Waals surface area (Å²) in [6.07, 6.45) is 3.08. The first-order chi connectivity index (χ1) is 12.4. The van der Waals surface area contributed by atoms with Crippen LogP contribution in [0.4, 0.5) is 0 Å². The van der Waals surface area contributed by atoms with Crippen LogP contribution in [0.3, 0.4) is 0 Å². The molecule has 0 unspecified atom stereocenters. The SMILES string of the molecule is Cc1cnc(-c2ccc3oc4c(C)ccc(C)c4c3c2)cc1CC(C)C. The Labute approximate surface area is 154 Å². The van der Waals surface area contributed by atoms with E-state index in [0.717, 1.165) is 28.8 Å². The van der Waals surface area contributed by atoms with Crippen LogP contribution in [0.25, 0.3) is 33.2 Å². The van der Waals surface area contributed by atoms with Gasteiger partial charge in [0.1, 0.15) is 11.2 Å². The van der Waals surface area contributed by atoms with Gasteiger partial charge in [0, 0.05) is 22.5 Å². The molecule has 0 aliphatic rings. The number of rotatable bonds is 3. The molecule has 26 heavy (non-hydrogen) atoms. The first-order valence-electron chi connectivity index (χ1n) is 9.32. The van der Waals surface area contributed by atoms with Crippen molar-refractivity contribution in [1.82, 2.24) is 4.98 Å². The topological polar surface area (TPSA) is 26.0 Å². The summed E-state index contributed by atoms with van der Waals surface area (Å²) in [4.78, 5) is 4.70. The predicted molar refractivity (Wildman–Crippen MR) is 110 cm³/mol. The van der Waals surface area contributed by atoms with E-state index < -0.39 is 0 Å². The Bertz CT molecular complexity index is 1120. The van der Waals surface area contributed by atoms with Crippen molar-refractivity contribution in [2.75, 3.05) is 0 Å². The van der Waals surface area contributed by atoms with E-state index in [1.54, 1.807) is 0 Å². The molecular weight excluding hydrogens is 318 g/mol. The number of aromatic nitrogens is 1. The van der Waals surface area contributed by atoms with Gasteiger partial charge in [0.05, 0.1) is 5.69 Å². The Kier molecular flexibility index (Phi) is 4.07. The van der Waals surface area contributed by atoms with E-state index in [1.807, 2.05) is 6.20 Å². The van der Waals surface area contributed by atoms with Crippen LogP contribution >= 0.6 is 0 Å². The standard InChI is InChI=1S/C24H25NO/c1-14(2)10-19-12-21(25-13-17(19)5)18-8-9-22-20(11-18)23-15(3)6-7-16(4)24(23)26-22/h6-9,11-14H,10H2,1-5H3. The number of hydrogen-bond donors (Lipinski definition) is 0. The molecule has 2 aromatic carbocycles. The molecule has 4 aromatic rings. The van der Waals surface area contributed by atoms with E-state index in [4.69, 9.17) is 9.40 Å². The highest BCUT2D eigenvalue weighted by atomic mass is 16.3. The van der Waals surface area contributed by atoms with Crippen molar-refractivity contribution in [1.29, 1.82) is 0 Å². The van der Waals surface area contributed by atoms with Gasteiger partial charge in [-0.25, -0.2) is 0 Å². The smallest absolute Gasteiger partial charge is 0.138 e. The van der Waals surface area contributed by atoms with Gasteiger partial charge in [-0.2, -0.15) is 0 Å². The van der Waals surface area contributed by atoms with Crippen LogP contribution in [0.2, 0.25) is 0 Å². The molecule has 0 N–H and O–H groups in total. The summed E-state index contributed by atoms with van der Waals surface area (Å²) in [5, 5.41) is 2.39. The molecule has 0 saturated heterocycles. The van der Waals surface area contributed by atoms with E-state index in [9.17, 15) is 0 Å². The van der Waals surface area contributed by atoms with Gasteiger partial charge in [-0.15, -0.1) is 0 Å². The van der Waals surface area contributed by atoms with Crippen molar-refractivity contribution in [2.24, 2.45) is 5.92 Å². The van der Waals surface area contributed by atoms with E-state index in [-0.39, 0.29) is 0 Å². The normalized spacial score (nSPS) is 11.8. The number of furan rings is 1. The van der Waals surface area contributed by atoms with Crippen LogP contribution in [-0.4, -0.2) is 4.98 Å². The molecule has 0 amide bonds. The van der Waals surface area contributed by atoms with E-state index >= 15 is 0 Å². The van der Waals surface area contributed by atoms with Crippen LogP contribution in [0.15, 0.2) is 47.0 Å². The van der Waals surface area contributed by atoms with E-state index in [0.29, 0.717) is 5.92 Å². The molecule has 2 heterocycles. The minimum atomic E-state index is 0.634. The quantitative estimate of drug-likeness (QED) is 0.410. The molecule has 132 valence electrons. The summed E-state index contributed by atoms with van der Waals surface area (Å²) in [6, 6.07) is 13.0. The Morgan fingerprint density at radius 1 is 0.923 bits per heavy atom. The molecule has 0 saturated carbocycles. The highest BCUT2D eigenvalue weighted by Crippen LogP contribution is 2.35. The maximum Gasteiger partial charge on any atom is 0.138 e. The molecule has 0 aliphatic carbocycles. The summed E-state index contributed by atoms with van der Waals surface area (Å²) in [7, 11) is 0. The lowest BCUT2D eigenvalue weighted by molar-refractivity contribution is 0.644. The zero-order valence-electron chi connectivity index (χ0n) is 16.2. The molecule has 2 aromatic heterocycles. The predicted octanol–water partition coefficient (Wildman–Crippen LogP) is 6.77. The largest absolute Gasteiger partial charge is 0.456 e. The number of fused-ring (bicyclic) bond motifs is 3. The van der Waals surface area contributed by atoms with Crippen LogP contribution in [0.5, 0.6) is 0 Å². The molecule has 2 nitrogen and oxygen atoms in total. The van der Waals surface area contributed by atoms with Gasteiger partial charge in [0.25, 0.3) is 0 Å². The van der Waals surface area contributed by atoms with Crippen molar-refractivity contribution in [2.45, 2.75) is 41.0 Å². The molecule has 0 atom stereocenters. The molecule has 0 spiro atoms. The van der Waals surface area contributed by atoms with Crippen molar-refractivity contribution >= 4 is 21.9 Å². The summed E-state index contributed by atoms with van der Waals surface area (Å²) in [6.45, 7) is 10.9. The summed E-state index contributed by atoms with van der Waals surface area (Å²) >= 11 is 0. The first-order valence-corrected chi connectivity index (χ1v) is 9.32. The molecular formula is C24H25NO. The third-order valence-electron chi connectivity index (χ3n) is 5.16. The lowest BCUT2D eigenvalue weighted by Crippen LogP contribution is -1.98. The van der Waals surface area contributed by atoms with E-state index in [2.05, 4.69) is 71.0 Å². The van der Waals surface area contributed by atoms with Gasteiger partial charge in [0.15, 0.2) is 0 Å². The molecule has 0 bridgehead atoms. The van der Waals surface area contributed by atoms with Crippen molar-refractivity contribution in [3.8, 4) is 11.3 Å². The summed E-state index contributed by atoms with van der Waals surface area (Å²) in [5.41, 5.74) is 9.19. The minimum absolute atomic E-state index is 0.634. The van der Waals surface area contributed by atoms with Crippen LogP contribution in [0.1, 0.15) is 36.1 Å². The number of hydrogen-bond acceptors (Lipinski definition) is 2. The second-order valence-corrected chi connectivity index (χ2v) is 7.81. The lowest BCUT2D eigenvalue weighted by atomic mass is 9.97. The van der Waals surface area contributed by atoms with Crippen molar-refractivity contribution < 1.29 is 4.42 Å². The average Bonchev–Trinajstić information content (AvgIpc) is 3.00. The second-order valence-electron chi connectivity index (χ2n) is 7.81. The maximum absolute atomic E-state index is 6.13. The molecule has 2 heteroatoms. The number of benzene rings is 2.